The first-order chi connectivity index (χ1) is 6.16. The molecule has 0 bridgehead atoms. The average Bonchev–Trinajstić information content (AvgIpc) is 2.46. The predicted octanol–water partition coefficient (Wildman–Crippen LogP) is 1.62. The fourth-order valence-electron chi connectivity index (χ4n) is 1.04. The molecule has 0 saturated heterocycles. The van der Waals surface area contributed by atoms with Gasteiger partial charge in [0, 0.05) is 11.9 Å². The zero-order chi connectivity index (χ0) is 9.42. The van der Waals surface area contributed by atoms with Crippen molar-refractivity contribution in [3.8, 4) is 0 Å². The van der Waals surface area contributed by atoms with Crippen molar-refractivity contribution in [2.24, 2.45) is 0 Å². The van der Waals surface area contributed by atoms with Gasteiger partial charge in [-0.25, -0.2) is 4.98 Å². The van der Waals surface area contributed by atoms with E-state index in [-0.39, 0.29) is 0 Å². The van der Waals surface area contributed by atoms with Crippen molar-refractivity contribution in [2.45, 2.75) is 4.34 Å². The molecule has 0 radical (unpaired) electrons. The minimum Gasteiger partial charge on any atom is -0.399 e. The summed E-state index contributed by atoms with van der Waals surface area (Å²) in [5.74, 6) is 0. The van der Waals surface area contributed by atoms with Crippen LogP contribution in [0.2, 0.25) is 0 Å². The van der Waals surface area contributed by atoms with E-state index in [0.29, 0.717) is 10.0 Å². The van der Waals surface area contributed by atoms with Crippen molar-refractivity contribution in [3.05, 3.63) is 18.2 Å². The Morgan fingerprint density at radius 2 is 2.31 bits per heavy atom. The molecule has 0 aliphatic rings. The van der Waals surface area contributed by atoms with Crippen LogP contribution in [0.1, 0.15) is 0 Å². The van der Waals surface area contributed by atoms with Gasteiger partial charge in [0.1, 0.15) is 0 Å². The van der Waals surface area contributed by atoms with Crippen LogP contribution in [0.25, 0.3) is 10.2 Å². The van der Waals surface area contributed by atoms with E-state index in [9.17, 15) is 4.21 Å². The summed E-state index contributed by atoms with van der Waals surface area (Å²) in [7, 11) is -1.00. The van der Waals surface area contributed by atoms with Crippen molar-refractivity contribution < 1.29 is 4.21 Å². The Bertz CT molecular complexity index is 478. The Morgan fingerprint density at radius 1 is 1.54 bits per heavy atom. The number of thiazole rings is 1. The molecule has 0 aliphatic carbocycles. The number of benzene rings is 1. The minimum atomic E-state index is -1.00. The predicted molar refractivity (Wildman–Crippen MR) is 56.4 cm³/mol. The minimum absolute atomic E-state index is 0.653. The molecule has 2 N–H and O–H groups in total. The van der Waals surface area contributed by atoms with Gasteiger partial charge in [-0.15, -0.1) is 11.3 Å². The third-order valence-electron chi connectivity index (χ3n) is 1.64. The largest absolute Gasteiger partial charge is 0.399 e. The molecule has 5 heteroatoms. The summed E-state index contributed by atoms with van der Waals surface area (Å²) in [4.78, 5) is 4.22. The van der Waals surface area contributed by atoms with E-state index in [0.717, 1.165) is 10.2 Å². The van der Waals surface area contributed by atoms with E-state index in [4.69, 9.17) is 5.73 Å². The SMILES string of the molecule is CS(=O)c1nc2ccc(N)cc2s1. The van der Waals surface area contributed by atoms with E-state index in [1.54, 1.807) is 12.3 Å². The first kappa shape index (κ1) is 8.65. The van der Waals surface area contributed by atoms with Crippen LogP contribution in [0, 0.1) is 0 Å². The lowest BCUT2D eigenvalue weighted by Gasteiger charge is -1.88. The van der Waals surface area contributed by atoms with E-state index in [1.807, 2.05) is 12.1 Å². The van der Waals surface area contributed by atoms with Crippen LogP contribution in [0.5, 0.6) is 0 Å². The van der Waals surface area contributed by atoms with Crippen LogP contribution in [-0.4, -0.2) is 15.4 Å². The molecule has 0 amide bonds. The number of nitrogen functional groups attached to an aromatic ring is 1. The van der Waals surface area contributed by atoms with Crippen LogP contribution in [0.4, 0.5) is 5.69 Å². The second-order valence-electron chi connectivity index (χ2n) is 2.66. The maximum absolute atomic E-state index is 11.1. The van der Waals surface area contributed by atoms with Gasteiger partial charge in [-0.2, -0.15) is 0 Å². The maximum atomic E-state index is 11.1. The number of hydrogen-bond acceptors (Lipinski definition) is 4. The zero-order valence-corrected chi connectivity index (χ0v) is 8.61. The molecule has 0 saturated carbocycles. The van der Waals surface area contributed by atoms with Crippen molar-refractivity contribution >= 4 is 38.0 Å². The van der Waals surface area contributed by atoms with Gasteiger partial charge in [-0.3, -0.25) is 4.21 Å². The van der Waals surface area contributed by atoms with Gasteiger partial charge < -0.3 is 5.73 Å². The fraction of sp³-hybridized carbons (Fsp3) is 0.125. The lowest BCUT2D eigenvalue weighted by atomic mass is 10.3. The Morgan fingerprint density at radius 3 is 3.00 bits per heavy atom. The van der Waals surface area contributed by atoms with Crippen molar-refractivity contribution in [2.75, 3.05) is 12.0 Å². The molecule has 1 heterocycles. The van der Waals surface area contributed by atoms with Gasteiger partial charge in [0.2, 0.25) is 0 Å². The van der Waals surface area contributed by atoms with E-state index >= 15 is 0 Å². The Kier molecular flexibility index (Phi) is 2.05. The third-order valence-corrected chi connectivity index (χ3v) is 3.99. The number of aromatic nitrogens is 1. The lowest BCUT2D eigenvalue weighted by Crippen LogP contribution is -1.83. The first-order valence-electron chi connectivity index (χ1n) is 3.66. The summed E-state index contributed by atoms with van der Waals surface area (Å²) in [5, 5.41) is 0. The molecule has 1 atom stereocenters. The standard InChI is InChI=1S/C8H8N2OS2/c1-13(11)8-10-6-3-2-5(9)4-7(6)12-8/h2-4H,9H2,1H3. The number of nitrogens with zero attached hydrogens (tertiary/aromatic N) is 1. The van der Waals surface area contributed by atoms with E-state index in [1.165, 1.54) is 11.3 Å². The van der Waals surface area contributed by atoms with Crippen LogP contribution >= 0.6 is 11.3 Å². The normalized spacial score (nSPS) is 13.3. The molecule has 2 aromatic rings. The summed E-state index contributed by atoms with van der Waals surface area (Å²) in [6.07, 6.45) is 1.63. The van der Waals surface area contributed by atoms with Gasteiger partial charge in [-0.1, -0.05) is 0 Å². The number of anilines is 1. The highest BCUT2D eigenvalue weighted by Gasteiger charge is 2.06. The van der Waals surface area contributed by atoms with Crippen molar-refractivity contribution in [1.29, 1.82) is 0 Å². The van der Waals surface area contributed by atoms with Crippen LogP contribution in [0.15, 0.2) is 22.5 Å². The number of hydrogen-bond donors (Lipinski definition) is 1. The summed E-state index contributed by atoms with van der Waals surface area (Å²) in [5.41, 5.74) is 7.19. The molecular weight excluding hydrogens is 204 g/mol. The molecular formula is C8H8N2OS2. The van der Waals surface area contributed by atoms with Crippen molar-refractivity contribution in [1.82, 2.24) is 4.98 Å². The lowest BCUT2D eigenvalue weighted by molar-refractivity contribution is 0.686. The molecule has 2 rings (SSSR count). The zero-order valence-electron chi connectivity index (χ0n) is 6.98. The Hall–Kier alpha value is -0.940. The third kappa shape index (κ3) is 1.57. The van der Waals surface area contributed by atoms with Crippen molar-refractivity contribution in [3.63, 3.8) is 0 Å². The fourth-order valence-corrected chi connectivity index (χ4v) is 2.75. The molecule has 0 fully saturated rings. The Balaban J connectivity index is 2.68. The molecule has 1 unspecified atom stereocenters. The molecule has 68 valence electrons. The van der Waals surface area contributed by atoms with Gasteiger partial charge >= 0.3 is 0 Å². The second kappa shape index (κ2) is 3.08. The van der Waals surface area contributed by atoms with E-state index in [2.05, 4.69) is 4.98 Å². The molecule has 0 spiro atoms. The topological polar surface area (TPSA) is 56.0 Å². The van der Waals surface area contributed by atoms with Crippen LogP contribution in [0.3, 0.4) is 0 Å². The highest BCUT2D eigenvalue weighted by atomic mass is 32.2. The average molecular weight is 212 g/mol. The molecule has 13 heavy (non-hydrogen) atoms. The summed E-state index contributed by atoms with van der Waals surface area (Å²) >= 11 is 1.43. The maximum Gasteiger partial charge on any atom is 0.181 e. The highest BCUT2D eigenvalue weighted by molar-refractivity contribution is 7.86. The van der Waals surface area contributed by atoms with Gasteiger partial charge in [-0.05, 0) is 18.2 Å². The number of rotatable bonds is 1. The molecule has 0 aliphatic heterocycles. The van der Waals surface area contributed by atoms with Crippen LogP contribution in [-0.2, 0) is 10.8 Å². The number of nitrogens with two attached hydrogens (primary N) is 1. The summed E-state index contributed by atoms with van der Waals surface area (Å²) in [6.45, 7) is 0. The summed E-state index contributed by atoms with van der Waals surface area (Å²) < 4.78 is 12.8. The summed E-state index contributed by atoms with van der Waals surface area (Å²) in [6, 6.07) is 5.49. The van der Waals surface area contributed by atoms with Gasteiger partial charge in [0.05, 0.1) is 21.0 Å². The first-order valence-corrected chi connectivity index (χ1v) is 6.04. The molecule has 1 aromatic heterocycles. The quantitative estimate of drug-likeness (QED) is 0.731. The van der Waals surface area contributed by atoms with Crippen LogP contribution < -0.4 is 5.73 Å². The molecule has 1 aromatic carbocycles. The highest BCUT2D eigenvalue weighted by Crippen LogP contribution is 2.25. The Labute approximate surface area is 82.1 Å². The van der Waals surface area contributed by atoms with Gasteiger partial charge in [0.25, 0.3) is 0 Å². The number of fused-ring (bicyclic) bond motifs is 1. The van der Waals surface area contributed by atoms with Gasteiger partial charge in [0.15, 0.2) is 4.34 Å². The van der Waals surface area contributed by atoms with E-state index < -0.39 is 10.8 Å². The second-order valence-corrected chi connectivity index (χ2v) is 5.25. The smallest absolute Gasteiger partial charge is 0.181 e. The molecule has 3 nitrogen and oxygen atoms in total. The monoisotopic (exact) mass is 212 g/mol.